The number of benzene rings is 1. The van der Waals surface area contributed by atoms with E-state index in [2.05, 4.69) is 25.9 Å². The number of thiazole rings is 1. The van der Waals surface area contributed by atoms with E-state index in [0.717, 1.165) is 27.6 Å². The molecule has 3 nitrogen and oxygen atoms in total. The Labute approximate surface area is 138 Å². The van der Waals surface area contributed by atoms with Gasteiger partial charge in [0.25, 0.3) is 0 Å². The molecule has 1 aromatic carbocycles. The first-order valence-electron chi connectivity index (χ1n) is 6.36. The molecule has 0 aliphatic rings. The number of imidazole rings is 1. The maximum Gasteiger partial charge on any atom is 0.139 e. The second kappa shape index (κ2) is 5.66. The zero-order chi connectivity index (χ0) is 15.1. The molecule has 0 fully saturated rings. The molecule has 1 unspecified atom stereocenters. The molecule has 0 saturated carbocycles. The number of hydrogen-bond acceptors (Lipinski definition) is 3. The maximum atomic E-state index is 13.8. The summed E-state index contributed by atoms with van der Waals surface area (Å²) in [5, 5.41) is 2.74. The quantitative estimate of drug-likeness (QED) is 0.588. The molecule has 2 aromatic heterocycles. The molecule has 0 aliphatic carbocycles. The first-order valence-corrected chi connectivity index (χ1v) is 8.47. The Hall–Kier alpha value is -0.980. The van der Waals surface area contributed by atoms with Gasteiger partial charge < -0.3 is 4.57 Å². The van der Waals surface area contributed by atoms with Crippen molar-refractivity contribution < 1.29 is 4.39 Å². The molecule has 3 aromatic rings. The average molecular weight is 389 g/mol. The highest BCUT2D eigenvalue weighted by Gasteiger charge is 2.17. The number of aryl methyl sites for hydroxylation is 1. The summed E-state index contributed by atoms with van der Waals surface area (Å²) in [7, 11) is 0. The highest BCUT2D eigenvalue weighted by molar-refractivity contribution is 9.10. The Bertz CT molecular complexity index is 812. The van der Waals surface area contributed by atoms with Gasteiger partial charge in [0.15, 0.2) is 0 Å². The summed E-state index contributed by atoms with van der Waals surface area (Å²) in [6.45, 7) is 4.35. The minimum Gasteiger partial charge on any atom is -0.321 e. The van der Waals surface area contributed by atoms with Gasteiger partial charge >= 0.3 is 0 Å². The lowest BCUT2D eigenvalue weighted by molar-refractivity contribution is 0.621. The van der Waals surface area contributed by atoms with Gasteiger partial charge in [-0.3, -0.25) is 0 Å². The summed E-state index contributed by atoms with van der Waals surface area (Å²) < 4.78 is 16.2. The number of aromatic nitrogens is 3. The van der Waals surface area contributed by atoms with Gasteiger partial charge in [-0.2, -0.15) is 0 Å². The number of alkyl halides is 1. The van der Waals surface area contributed by atoms with Gasteiger partial charge in [-0.05, 0) is 35.8 Å². The third-order valence-electron chi connectivity index (χ3n) is 3.16. The Balaban J connectivity index is 2.17. The van der Waals surface area contributed by atoms with Crippen molar-refractivity contribution in [2.45, 2.75) is 25.8 Å². The Morgan fingerprint density at radius 3 is 2.81 bits per heavy atom. The van der Waals surface area contributed by atoms with Crippen LogP contribution in [-0.2, 0) is 6.54 Å². The molecule has 0 radical (unpaired) electrons. The van der Waals surface area contributed by atoms with Gasteiger partial charge in [0.05, 0.1) is 38.1 Å². The molecule has 1 atom stereocenters. The molecule has 2 heterocycles. The summed E-state index contributed by atoms with van der Waals surface area (Å²) in [4.78, 5) is 8.98. The number of fused-ring (bicyclic) bond motifs is 1. The van der Waals surface area contributed by atoms with Gasteiger partial charge in [-0.15, -0.1) is 22.9 Å². The van der Waals surface area contributed by atoms with Crippen LogP contribution >= 0.6 is 38.9 Å². The molecular weight excluding hydrogens is 377 g/mol. The van der Waals surface area contributed by atoms with Gasteiger partial charge in [0, 0.05) is 11.4 Å². The van der Waals surface area contributed by atoms with Crippen molar-refractivity contribution in [2.75, 3.05) is 0 Å². The normalized spacial score (nSPS) is 13.0. The third-order valence-corrected chi connectivity index (χ3v) is 4.79. The molecule has 21 heavy (non-hydrogen) atoms. The van der Waals surface area contributed by atoms with E-state index in [4.69, 9.17) is 11.6 Å². The van der Waals surface area contributed by atoms with E-state index in [1.165, 1.54) is 6.07 Å². The van der Waals surface area contributed by atoms with Crippen molar-refractivity contribution in [1.29, 1.82) is 0 Å². The van der Waals surface area contributed by atoms with Gasteiger partial charge in [0.2, 0.25) is 0 Å². The summed E-state index contributed by atoms with van der Waals surface area (Å²) in [5.41, 5.74) is 2.38. The smallest absolute Gasteiger partial charge is 0.139 e. The standard InChI is InChI=1S/C14H12BrClFN3S/c1-7(16)14-19-12-3-10(15)11(17)4-13(12)20(14)5-9-6-21-8(2)18-9/h3-4,6-7H,5H2,1-2H3. The van der Waals surface area contributed by atoms with Crippen molar-refractivity contribution in [3.63, 3.8) is 0 Å². The summed E-state index contributed by atoms with van der Waals surface area (Å²) >= 11 is 11.0. The average Bonchev–Trinajstić information content (AvgIpc) is 2.96. The highest BCUT2D eigenvalue weighted by atomic mass is 79.9. The van der Waals surface area contributed by atoms with Crippen LogP contribution in [0.3, 0.4) is 0 Å². The topological polar surface area (TPSA) is 30.7 Å². The molecule has 0 N–H and O–H groups in total. The van der Waals surface area contributed by atoms with E-state index in [1.807, 2.05) is 23.8 Å². The molecule has 0 amide bonds. The minimum absolute atomic E-state index is 0.265. The predicted molar refractivity (Wildman–Crippen MR) is 87.6 cm³/mol. The van der Waals surface area contributed by atoms with E-state index in [9.17, 15) is 4.39 Å². The second-order valence-electron chi connectivity index (χ2n) is 4.79. The van der Waals surface area contributed by atoms with Crippen LogP contribution in [0.15, 0.2) is 22.0 Å². The molecule has 110 valence electrons. The second-order valence-corrected chi connectivity index (χ2v) is 7.36. The fraction of sp³-hybridized carbons (Fsp3) is 0.286. The summed E-state index contributed by atoms with van der Waals surface area (Å²) in [5.74, 6) is 0.404. The van der Waals surface area contributed by atoms with Crippen molar-refractivity contribution in [3.05, 3.63) is 44.3 Å². The van der Waals surface area contributed by atoms with Crippen LogP contribution in [0.4, 0.5) is 4.39 Å². The zero-order valence-electron chi connectivity index (χ0n) is 11.4. The molecular formula is C14H12BrClFN3S. The van der Waals surface area contributed by atoms with Crippen LogP contribution < -0.4 is 0 Å². The van der Waals surface area contributed by atoms with Crippen molar-refractivity contribution in [3.8, 4) is 0 Å². The van der Waals surface area contributed by atoms with Crippen molar-refractivity contribution in [2.24, 2.45) is 0 Å². The molecule has 0 aliphatic heterocycles. The van der Waals surface area contributed by atoms with Crippen LogP contribution in [0.2, 0.25) is 0 Å². The predicted octanol–water partition coefficient (Wildman–Crippen LogP) is 5.05. The molecule has 0 saturated heterocycles. The van der Waals surface area contributed by atoms with E-state index in [-0.39, 0.29) is 11.2 Å². The van der Waals surface area contributed by atoms with E-state index < -0.39 is 0 Å². The summed E-state index contributed by atoms with van der Waals surface area (Å²) in [6.07, 6.45) is 0. The van der Waals surface area contributed by atoms with Crippen LogP contribution in [0, 0.1) is 12.7 Å². The summed E-state index contributed by atoms with van der Waals surface area (Å²) in [6, 6.07) is 3.16. The first kappa shape index (κ1) is 14.9. The van der Waals surface area contributed by atoms with Gasteiger partial charge in [0.1, 0.15) is 11.6 Å². The lowest BCUT2D eigenvalue weighted by Crippen LogP contribution is -2.06. The zero-order valence-corrected chi connectivity index (χ0v) is 14.6. The third kappa shape index (κ3) is 2.84. The van der Waals surface area contributed by atoms with Gasteiger partial charge in [-0.25, -0.2) is 14.4 Å². The number of halogens is 3. The van der Waals surface area contributed by atoms with Gasteiger partial charge in [-0.1, -0.05) is 0 Å². The van der Waals surface area contributed by atoms with Crippen LogP contribution in [0.5, 0.6) is 0 Å². The van der Waals surface area contributed by atoms with Crippen LogP contribution in [0.1, 0.15) is 28.8 Å². The Morgan fingerprint density at radius 2 is 2.19 bits per heavy atom. The van der Waals surface area contributed by atoms with E-state index >= 15 is 0 Å². The number of hydrogen-bond donors (Lipinski definition) is 0. The largest absolute Gasteiger partial charge is 0.321 e. The van der Waals surface area contributed by atoms with E-state index in [1.54, 1.807) is 17.4 Å². The fourth-order valence-corrected chi connectivity index (χ4v) is 3.35. The maximum absolute atomic E-state index is 13.8. The molecule has 3 rings (SSSR count). The van der Waals surface area contributed by atoms with Crippen molar-refractivity contribution in [1.82, 2.24) is 14.5 Å². The number of rotatable bonds is 3. The lowest BCUT2D eigenvalue weighted by Gasteiger charge is -2.09. The Kier molecular flexibility index (Phi) is 4.03. The SMILES string of the molecule is Cc1nc(Cn2c(C(C)Cl)nc3cc(Br)c(F)cc32)cs1. The van der Waals surface area contributed by atoms with Crippen molar-refractivity contribution >= 4 is 49.9 Å². The minimum atomic E-state index is -0.313. The fourth-order valence-electron chi connectivity index (χ4n) is 2.25. The van der Waals surface area contributed by atoms with Crippen LogP contribution in [-0.4, -0.2) is 14.5 Å². The highest BCUT2D eigenvalue weighted by Crippen LogP contribution is 2.29. The first-order chi connectivity index (χ1) is 9.95. The monoisotopic (exact) mass is 387 g/mol. The number of nitrogens with zero attached hydrogens (tertiary/aromatic N) is 3. The molecule has 0 spiro atoms. The molecule has 0 bridgehead atoms. The lowest BCUT2D eigenvalue weighted by atomic mass is 10.3. The van der Waals surface area contributed by atoms with E-state index in [0.29, 0.717) is 11.0 Å². The Morgan fingerprint density at radius 1 is 1.43 bits per heavy atom. The van der Waals surface area contributed by atoms with Crippen LogP contribution in [0.25, 0.3) is 11.0 Å². The molecule has 7 heteroatoms.